The van der Waals surface area contributed by atoms with E-state index in [1.54, 1.807) is 24.3 Å². The van der Waals surface area contributed by atoms with Gasteiger partial charge in [0.25, 0.3) is 0 Å². The van der Waals surface area contributed by atoms with Crippen molar-refractivity contribution < 1.29 is 22.7 Å². The van der Waals surface area contributed by atoms with Crippen LogP contribution in [0.15, 0.2) is 47.4 Å². The number of carbonyl (C=O) groups is 2. The third-order valence-electron chi connectivity index (χ3n) is 3.93. The molecule has 144 valence electrons. The molecule has 0 bridgehead atoms. The highest BCUT2D eigenvalue weighted by Gasteiger charge is 2.24. The summed E-state index contributed by atoms with van der Waals surface area (Å²) >= 11 is 6.02. The second-order valence-electron chi connectivity index (χ2n) is 6.21. The number of sulfonamides is 1. The number of ketones is 1. The van der Waals surface area contributed by atoms with Gasteiger partial charge in [0.2, 0.25) is 15.8 Å². The first-order chi connectivity index (χ1) is 12.5. The zero-order valence-electron chi connectivity index (χ0n) is 15.4. The van der Waals surface area contributed by atoms with Crippen LogP contribution < -0.4 is 0 Å². The van der Waals surface area contributed by atoms with Gasteiger partial charge >= 0.3 is 5.97 Å². The minimum Gasteiger partial charge on any atom is -0.451 e. The Morgan fingerprint density at radius 1 is 1.07 bits per heavy atom. The maximum absolute atomic E-state index is 12.4. The standard InChI is InChI=1S/C19H20ClNO5S/c1-12-5-7-14(8-6-12)18(22)13(2)26-19(23)16-11-15(9-10-17(16)20)27(24,25)21(3)4/h5-11,13H,1-4H3/t13-/m1/s1. The molecule has 0 aliphatic carbocycles. The van der Waals surface area contributed by atoms with E-state index in [9.17, 15) is 18.0 Å². The van der Waals surface area contributed by atoms with Gasteiger partial charge in [-0.3, -0.25) is 4.79 Å². The number of hydrogen-bond donors (Lipinski definition) is 0. The van der Waals surface area contributed by atoms with E-state index in [4.69, 9.17) is 16.3 Å². The minimum absolute atomic E-state index is 0.0349. The summed E-state index contributed by atoms with van der Waals surface area (Å²) in [4.78, 5) is 24.8. The molecule has 2 aromatic rings. The lowest BCUT2D eigenvalue weighted by molar-refractivity contribution is 0.0318. The molecule has 0 amide bonds. The van der Waals surface area contributed by atoms with Crippen LogP contribution in [0.3, 0.4) is 0 Å². The summed E-state index contributed by atoms with van der Waals surface area (Å²) < 4.78 is 30.7. The van der Waals surface area contributed by atoms with Crippen molar-refractivity contribution in [3.05, 3.63) is 64.2 Å². The highest BCUT2D eigenvalue weighted by molar-refractivity contribution is 7.89. The first-order valence-corrected chi connectivity index (χ1v) is 9.89. The summed E-state index contributed by atoms with van der Waals surface area (Å²) in [5.41, 5.74) is 1.29. The van der Waals surface area contributed by atoms with Crippen molar-refractivity contribution >= 4 is 33.4 Å². The summed E-state index contributed by atoms with van der Waals surface area (Å²) in [5, 5.41) is 0.0349. The average Bonchev–Trinajstić information content (AvgIpc) is 2.61. The molecule has 0 aromatic heterocycles. The number of carbonyl (C=O) groups excluding carboxylic acids is 2. The molecule has 8 heteroatoms. The molecule has 0 N–H and O–H groups in total. The predicted molar refractivity (Wildman–Crippen MR) is 103 cm³/mol. The fourth-order valence-electron chi connectivity index (χ4n) is 2.26. The number of Topliss-reactive ketones (excluding diaryl/α,β-unsaturated/α-hetero) is 1. The first kappa shape index (κ1) is 21.1. The summed E-state index contributed by atoms with van der Waals surface area (Å²) in [6, 6.07) is 10.6. The lowest BCUT2D eigenvalue weighted by Crippen LogP contribution is -2.25. The van der Waals surface area contributed by atoms with Gasteiger partial charge in [0, 0.05) is 19.7 Å². The molecule has 2 rings (SSSR count). The number of esters is 1. The Labute approximate surface area is 163 Å². The Morgan fingerprint density at radius 2 is 1.67 bits per heavy atom. The van der Waals surface area contributed by atoms with Gasteiger partial charge in [-0.05, 0) is 32.0 Å². The van der Waals surface area contributed by atoms with E-state index in [-0.39, 0.29) is 21.3 Å². The number of aryl methyl sites for hydroxylation is 1. The van der Waals surface area contributed by atoms with Crippen LogP contribution >= 0.6 is 11.6 Å². The van der Waals surface area contributed by atoms with Crippen LogP contribution in [0.4, 0.5) is 0 Å². The van der Waals surface area contributed by atoms with E-state index in [2.05, 4.69) is 0 Å². The van der Waals surface area contributed by atoms with Gasteiger partial charge < -0.3 is 4.74 Å². The Bertz CT molecular complexity index is 968. The molecular formula is C19H20ClNO5S. The normalized spacial score (nSPS) is 12.7. The Morgan fingerprint density at radius 3 is 2.22 bits per heavy atom. The van der Waals surface area contributed by atoms with Crippen molar-refractivity contribution in [2.24, 2.45) is 0 Å². The average molecular weight is 410 g/mol. The molecule has 0 aliphatic rings. The van der Waals surface area contributed by atoms with Crippen molar-refractivity contribution in [3.63, 3.8) is 0 Å². The number of nitrogens with zero attached hydrogens (tertiary/aromatic N) is 1. The largest absolute Gasteiger partial charge is 0.451 e. The molecule has 0 heterocycles. The van der Waals surface area contributed by atoms with Crippen LogP contribution in [-0.4, -0.2) is 44.7 Å². The number of ether oxygens (including phenoxy) is 1. The van der Waals surface area contributed by atoms with Gasteiger partial charge in [0.05, 0.1) is 15.5 Å². The van der Waals surface area contributed by atoms with Gasteiger partial charge in [0.15, 0.2) is 6.10 Å². The van der Waals surface area contributed by atoms with E-state index in [1.165, 1.54) is 33.2 Å². The van der Waals surface area contributed by atoms with Crippen LogP contribution in [-0.2, 0) is 14.8 Å². The van der Waals surface area contributed by atoms with Gasteiger partial charge in [-0.15, -0.1) is 0 Å². The summed E-state index contributed by atoms with van der Waals surface area (Å²) in [6.07, 6.45) is -1.05. The van der Waals surface area contributed by atoms with E-state index >= 15 is 0 Å². The third kappa shape index (κ3) is 4.74. The van der Waals surface area contributed by atoms with Crippen LogP contribution in [0.25, 0.3) is 0 Å². The highest BCUT2D eigenvalue weighted by atomic mass is 35.5. The molecular weight excluding hydrogens is 390 g/mol. The zero-order chi connectivity index (χ0) is 20.4. The first-order valence-electron chi connectivity index (χ1n) is 8.08. The quantitative estimate of drug-likeness (QED) is 0.540. The van der Waals surface area contributed by atoms with Crippen LogP contribution in [0, 0.1) is 6.92 Å². The lowest BCUT2D eigenvalue weighted by Gasteiger charge is -2.15. The predicted octanol–water partition coefficient (Wildman–Crippen LogP) is 3.33. The topological polar surface area (TPSA) is 80.8 Å². The fraction of sp³-hybridized carbons (Fsp3) is 0.263. The monoisotopic (exact) mass is 409 g/mol. The van der Waals surface area contributed by atoms with Crippen LogP contribution in [0.1, 0.15) is 33.2 Å². The Hall–Kier alpha value is -2.22. The summed E-state index contributed by atoms with van der Waals surface area (Å²) in [7, 11) is -0.983. The van der Waals surface area contributed by atoms with Crippen molar-refractivity contribution in [3.8, 4) is 0 Å². The molecule has 0 spiro atoms. The minimum atomic E-state index is -3.74. The molecule has 0 radical (unpaired) electrons. The summed E-state index contributed by atoms with van der Waals surface area (Å²) in [6.45, 7) is 3.35. The highest BCUT2D eigenvalue weighted by Crippen LogP contribution is 2.23. The van der Waals surface area contributed by atoms with E-state index in [1.807, 2.05) is 6.92 Å². The van der Waals surface area contributed by atoms with Gasteiger partial charge in [0.1, 0.15) is 0 Å². The maximum atomic E-state index is 12.4. The SMILES string of the molecule is Cc1ccc(C(=O)[C@@H](C)OC(=O)c2cc(S(=O)(=O)N(C)C)ccc2Cl)cc1. The molecule has 0 fully saturated rings. The molecule has 27 heavy (non-hydrogen) atoms. The molecule has 1 atom stereocenters. The fourth-order valence-corrected chi connectivity index (χ4v) is 3.39. The Kier molecular flexibility index (Phi) is 6.41. The van der Waals surface area contributed by atoms with Crippen molar-refractivity contribution in [1.29, 1.82) is 0 Å². The molecule has 0 saturated carbocycles. The van der Waals surface area contributed by atoms with E-state index < -0.39 is 22.1 Å². The van der Waals surface area contributed by atoms with Crippen LogP contribution in [0.2, 0.25) is 5.02 Å². The van der Waals surface area contributed by atoms with Crippen molar-refractivity contribution in [2.75, 3.05) is 14.1 Å². The second kappa shape index (κ2) is 8.21. The molecule has 0 saturated heterocycles. The van der Waals surface area contributed by atoms with E-state index in [0.717, 1.165) is 15.9 Å². The maximum Gasteiger partial charge on any atom is 0.340 e. The number of hydrogen-bond acceptors (Lipinski definition) is 5. The van der Waals surface area contributed by atoms with Gasteiger partial charge in [-0.1, -0.05) is 41.4 Å². The molecule has 6 nitrogen and oxygen atoms in total. The van der Waals surface area contributed by atoms with E-state index in [0.29, 0.717) is 5.56 Å². The number of halogens is 1. The molecule has 0 aliphatic heterocycles. The number of rotatable bonds is 6. The number of benzene rings is 2. The lowest BCUT2D eigenvalue weighted by atomic mass is 10.1. The van der Waals surface area contributed by atoms with Gasteiger partial charge in [-0.25, -0.2) is 17.5 Å². The van der Waals surface area contributed by atoms with Crippen LogP contribution in [0.5, 0.6) is 0 Å². The molecule has 2 aromatic carbocycles. The smallest absolute Gasteiger partial charge is 0.340 e. The van der Waals surface area contributed by atoms with Gasteiger partial charge in [-0.2, -0.15) is 0 Å². The molecule has 0 unspecified atom stereocenters. The van der Waals surface area contributed by atoms with Crippen molar-refractivity contribution in [2.45, 2.75) is 24.8 Å². The Balaban J connectivity index is 2.25. The second-order valence-corrected chi connectivity index (χ2v) is 8.77. The zero-order valence-corrected chi connectivity index (χ0v) is 17.0. The van der Waals surface area contributed by atoms with Crippen molar-refractivity contribution in [1.82, 2.24) is 4.31 Å². The third-order valence-corrected chi connectivity index (χ3v) is 6.07. The summed E-state index contributed by atoms with van der Waals surface area (Å²) in [5.74, 6) is -1.24.